The van der Waals surface area contributed by atoms with Crippen LogP contribution in [0.3, 0.4) is 0 Å². The maximum atomic E-state index is 12.7. The summed E-state index contributed by atoms with van der Waals surface area (Å²) in [6.45, 7) is 0.404. The molecule has 4 rings (SSSR count). The van der Waals surface area contributed by atoms with Crippen molar-refractivity contribution in [3.63, 3.8) is 0 Å². The number of amides is 1. The highest BCUT2D eigenvalue weighted by Gasteiger charge is 2.30. The predicted octanol–water partition coefficient (Wildman–Crippen LogP) is 4.89. The molecule has 0 radical (unpaired) electrons. The quantitative estimate of drug-likeness (QED) is 0.337. The second kappa shape index (κ2) is 10.5. The number of aromatic amines is 1. The fourth-order valence-electron chi connectivity index (χ4n) is 3.11. The molecule has 0 saturated carbocycles. The number of alkyl halides is 3. The number of rotatable bonds is 8. The smallest absolute Gasteiger partial charge is 0.416 e. The van der Waals surface area contributed by atoms with Gasteiger partial charge in [0.05, 0.1) is 17.0 Å². The van der Waals surface area contributed by atoms with Gasteiger partial charge in [-0.25, -0.2) is 14.5 Å². The lowest BCUT2D eigenvalue weighted by molar-refractivity contribution is -0.137. The van der Waals surface area contributed by atoms with Gasteiger partial charge in [-0.15, -0.1) is 5.10 Å². The molecule has 0 fully saturated rings. The maximum absolute atomic E-state index is 12.7. The number of hydrogen-bond donors (Lipinski definition) is 2. The van der Waals surface area contributed by atoms with Gasteiger partial charge in [-0.3, -0.25) is 4.79 Å². The lowest BCUT2D eigenvalue weighted by Crippen LogP contribution is -2.17. The fourth-order valence-corrected chi connectivity index (χ4v) is 3.87. The molecular formula is C24H19F3N4O3S. The van der Waals surface area contributed by atoms with E-state index in [-0.39, 0.29) is 16.6 Å². The standard InChI is InChI=1S/C24H19F3N4O3S/c25-24(26,27)17-6-8-18(9-7-17)28-21(32)15-35-23-30-29-22(33)31(23)19-10-12-20(13-11-19)34-14-16-4-2-1-3-5-16/h1-13H,14-15H2,(H,28,32)(H,29,33). The summed E-state index contributed by atoms with van der Waals surface area (Å²) in [5, 5.41) is 9.10. The zero-order valence-corrected chi connectivity index (χ0v) is 18.9. The molecule has 1 aromatic heterocycles. The third-order valence-corrected chi connectivity index (χ3v) is 5.75. The summed E-state index contributed by atoms with van der Waals surface area (Å²) in [6, 6.07) is 20.7. The Balaban J connectivity index is 1.36. The topological polar surface area (TPSA) is 89.0 Å². The van der Waals surface area contributed by atoms with Gasteiger partial charge >= 0.3 is 11.9 Å². The molecule has 180 valence electrons. The molecule has 0 unspecified atom stereocenters. The summed E-state index contributed by atoms with van der Waals surface area (Å²) in [6.07, 6.45) is -4.45. The van der Waals surface area contributed by atoms with Crippen LogP contribution in [0.4, 0.5) is 18.9 Å². The van der Waals surface area contributed by atoms with Gasteiger partial charge in [0.1, 0.15) is 12.4 Å². The van der Waals surface area contributed by atoms with Gasteiger partial charge in [-0.2, -0.15) is 13.2 Å². The Labute approximate surface area is 201 Å². The van der Waals surface area contributed by atoms with E-state index >= 15 is 0 Å². The van der Waals surface area contributed by atoms with Crippen molar-refractivity contribution < 1.29 is 22.7 Å². The fraction of sp³-hybridized carbons (Fsp3) is 0.125. The minimum absolute atomic E-state index is 0.108. The van der Waals surface area contributed by atoms with E-state index in [1.807, 2.05) is 30.3 Å². The summed E-state index contributed by atoms with van der Waals surface area (Å²) >= 11 is 1.01. The molecule has 1 amide bonds. The predicted molar refractivity (Wildman–Crippen MR) is 126 cm³/mol. The molecule has 2 N–H and O–H groups in total. The number of ether oxygens (including phenoxy) is 1. The van der Waals surface area contributed by atoms with Crippen molar-refractivity contribution in [2.75, 3.05) is 11.1 Å². The number of anilines is 1. The highest BCUT2D eigenvalue weighted by Crippen LogP contribution is 2.30. The Morgan fingerprint density at radius 2 is 1.69 bits per heavy atom. The van der Waals surface area contributed by atoms with E-state index in [0.717, 1.165) is 29.5 Å². The van der Waals surface area contributed by atoms with Crippen LogP contribution in [0, 0.1) is 0 Å². The molecule has 0 spiro atoms. The SMILES string of the molecule is O=C(CSc1n[nH]c(=O)n1-c1ccc(OCc2ccccc2)cc1)Nc1ccc(C(F)(F)F)cc1. The molecular weight excluding hydrogens is 481 g/mol. The molecule has 11 heteroatoms. The first-order valence-corrected chi connectivity index (χ1v) is 11.3. The van der Waals surface area contributed by atoms with Crippen LogP contribution in [0.15, 0.2) is 88.8 Å². The zero-order valence-electron chi connectivity index (χ0n) is 18.1. The van der Waals surface area contributed by atoms with Gasteiger partial charge in [0, 0.05) is 5.69 Å². The van der Waals surface area contributed by atoms with Crippen LogP contribution in [-0.4, -0.2) is 26.4 Å². The first kappa shape index (κ1) is 24.1. The van der Waals surface area contributed by atoms with Crippen LogP contribution < -0.4 is 15.7 Å². The monoisotopic (exact) mass is 500 g/mol. The number of aromatic nitrogens is 3. The van der Waals surface area contributed by atoms with E-state index in [9.17, 15) is 22.8 Å². The van der Waals surface area contributed by atoms with Gasteiger partial charge in [0.15, 0.2) is 5.16 Å². The number of nitrogens with one attached hydrogen (secondary N) is 2. The van der Waals surface area contributed by atoms with Crippen LogP contribution in [0.2, 0.25) is 0 Å². The van der Waals surface area contributed by atoms with Gasteiger partial charge in [-0.1, -0.05) is 42.1 Å². The third kappa shape index (κ3) is 6.33. The molecule has 4 aromatic rings. The number of thioether (sulfide) groups is 1. The number of carbonyl (C=O) groups excluding carboxylic acids is 1. The molecule has 0 saturated heterocycles. The van der Waals surface area contributed by atoms with Crippen LogP contribution in [0.1, 0.15) is 11.1 Å². The summed E-state index contributed by atoms with van der Waals surface area (Å²) in [7, 11) is 0. The molecule has 7 nitrogen and oxygen atoms in total. The summed E-state index contributed by atoms with van der Waals surface area (Å²) in [4.78, 5) is 24.6. The van der Waals surface area contributed by atoms with Crippen molar-refractivity contribution in [3.8, 4) is 11.4 Å². The normalized spacial score (nSPS) is 11.3. The lowest BCUT2D eigenvalue weighted by Gasteiger charge is -2.10. The van der Waals surface area contributed by atoms with Gasteiger partial charge in [-0.05, 0) is 54.1 Å². The van der Waals surface area contributed by atoms with Crippen LogP contribution in [-0.2, 0) is 17.6 Å². The first-order chi connectivity index (χ1) is 16.8. The largest absolute Gasteiger partial charge is 0.489 e. The minimum Gasteiger partial charge on any atom is -0.489 e. The van der Waals surface area contributed by atoms with Gasteiger partial charge in [0.25, 0.3) is 0 Å². The van der Waals surface area contributed by atoms with E-state index in [2.05, 4.69) is 15.5 Å². The Morgan fingerprint density at radius 3 is 2.34 bits per heavy atom. The molecule has 3 aromatic carbocycles. The number of nitrogens with zero attached hydrogens (tertiary/aromatic N) is 2. The molecule has 0 aliphatic rings. The molecule has 1 heterocycles. The van der Waals surface area contributed by atoms with Crippen molar-refractivity contribution in [2.45, 2.75) is 17.9 Å². The maximum Gasteiger partial charge on any atom is 0.416 e. The molecule has 0 aliphatic carbocycles. The van der Waals surface area contributed by atoms with Crippen molar-refractivity contribution in [1.29, 1.82) is 0 Å². The summed E-state index contributed by atoms with van der Waals surface area (Å²) in [5.74, 6) is 0.0597. The summed E-state index contributed by atoms with van der Waals surface area (Å²) < 4.78 is 45.1. The molecule has 0 atom stereocenters. The van der Waals surface area contributed by atoms with Crippen LogP contribution in [0.5, 0.6) is 5.75 Å². The lowest BCUT2D eigenvalue weighted by atomic mass is 10.2. The van der Waals surface area contributed by atoms with Crippen molar-refractivity contribution in [3.05, 3.63) is 100 Å². The minimum atomic E-state index is -4.45. The Morgan fingerprint density at radius 1 is 1.00 bits per heavy atom. The molecule has 35 heavy (non-hydrogen) atoms. The van der Waals surface area contributed by atoms with E-state index in [4.69, 9.17) is 4.74 Å². The highest BCUT2D eigenvalue weighted by molar-refractivity contribution is 7.99. The highest BCUT2D eigenvalue weighted by atomic mass is 32.2. The first-order valence-electron chi connectivity index (χ1n) is 10.3. The Kier molecular flexibility index (Phi) is 7.25. The summed E-state index contributed by atoms with van der Waals surface area (Å²) in [5.41, 5.74) is 0.502. The third-order valence-electron chi connectivity index (χ3n) is 4.81. The van der Waals surface area contributed by atoms with Crippen LogP contribution >= 0.6 is 11.8 Å². The zero-order chi connectivity index (χ0) is 24.8. The van der Waals surface area contributed by atoms with Gasteiger partial charge in [0.2, 0.25) is 5.91 Å². The number of carbonyl (C=O) groups is 1. The van der Waals surface area contributed by atoms with E-state index in [0.29, 0.717) is 18.0 Å². The molecule has 0 aliphatic heterocycles. The Hall–Kier alpha value is -3.99. The Bertz CT molecular complexity index is 1340. The van der Waals surface area contributed by atoms with E-state index in [1.54, 1.807) is 24.3 Å². The van der Waals surface area contributed by atoms with Crippen molar-refractivity contribution >= 4 is 23.4 Å². The number of H-pyrrole nitrogens is 1. The average molecular weight is 501 g/mol. The van der Waals surface area contributed by atoms with Gasteiger partial charge < -0.3 is 10.1 Å². The number of halogens is 3. The van der Waals surface area contributed by atoms with Crippen LogP contribution in [0.25, 0.3) is 5.69 Å². The van der Waals surface area contributed by atoms with E-state index < -0.39 is 23.3 Å². The van der Waals surface area contributed by atoms with E-state index in [1.165, 1.54) is 16.7 Å². The second-order valence-corrected chi connectivity index (χ2v) is 8.27. The van der Waals surface area contributed by atoms with Crippen molar-refractivity contribution in [1.82, 2.24) is 14.8 Å². The van der Waals surface area contributed by atoms with Crippen molar-refractivity contribution in [2.24, 2.45) is 0 Å². The molecule has 0 bridgehead atoms. The second-order valence-electron chi connectivity index (χ2n) is 7.33. The number of benzene rings is 3. The average Bonchev–Trinajstić information content (AvgIpc) is 3.22. The number of hydrogen-bond acceptors (Lipinski definition) is 5.